The van der Waals surface area contributed by atoms with E-state index in [-0.39, 0.29) is 11.2 Å². The standard InChI is InChI=1S/C20H25N5OS2/c1-14-8-7-9-16(12-14)22-18-23-24-19(28-18)27-15(2)17(26)25(3)20(13-21)10-5-4-6-11-20/h7-9,12,15H,4-6,10-11H2,1-3H3,(H,22,23)/t15-/m1/s1. The molecule has 148 valence electrons. The van der Waals surface area contributed by atoms with Gasteiger partial charge in [-0.1, -0.05) is 54.5 Å². The number of rotatable bonds is 6. The van der Waals surface area contributed by atoms with Crippen molar-refractivity contribution in [2.75, 3.05) is 12.4 Å². The van der Waals surface area contributed by atoms with E-state index in [1.807, 2.05) is 38.1 Å². The van der Waals surface area contributed by atoms with Gasteiger partial charge >= 0.3 is 0 Å². The maximum Gasteiger partial charge on any atom is 0.236 e. The predicted molar refractivity (Wildman–Crippen MR) is 114 cm³/mol. The Morgan fingerprint density at radius 2 is 2.11 bits per heavy atom. The van der Waals surface area contributed by atoms with E-state index in [9.17, 15) is 10.1 Å². The molecule has 1 aromatic heterocycles. The van der Waals surface area contributed by atoms with Crippen molar-refractivity contribution in [1.82, 2.24) is 15.1 Å². The molecule has 8 heteroatoms. The minimum Gasteiger partial charge on any atom is -0.330 e. The Balaban J connectivity index is 1.63. The summed E-state index contributed by atoms with van der Waals surface area (Å²) < 4.78 is 0.735. The average Bonchev–Trinajstić information content (AvgIpc) is 3.14. The number of nitriles is 1. The molecule has 0 unspecified atom stereocenters. The quantitative estimate of drug-likeness (QED) is 0.685. The van der Waals surface area contributed by atoms with Crippen LogP contribution in [0.3, 0.4) is 0 Å². The highest BCUT2D eigenvalue weighted by atomic mass is 32.2. The number of nitrogens with one attached hydrogen (secondary N) is 1. The molecule has 3 rings (SSSR count). The van der Waals surface area contributed by atoms with Gasteiger partial charge in [0.05, 0.1) is 11.3 Å². The third-order valence-corrected chi connectivity index (χ3v) is 7.17. The first kappa shape index (κ1) is 20.6. The second-order valence-corrected chi connectivity index (χ2v) is 9.79. The van der Waals surface area contributed by atoms with Gasteiger partial charge in [-0.05, 0) is 44.4 Å². The van der Waals surface area contributed by atoms with Crippen LogP contribution in [0.1, 0.15) is 44.6 Å². The molecule has 0 spiro atoms. The molecule has 1 saturated carbocycles. The van der Waals surface area contributed by atoms with Gasteiger partial charge in [-0.3, -0.25) is 4.79 Å². The summed E-state index contributed by atoms with van der Waals surface area (Å²) >= 11 is 2.82. The van der Waals surface area contributed by atoms with Gasteiger partial charge in [0.1, 0.15) is 5.54 Å². The maximum atomic E-state index is 12.9. The van der Waals surface area contributed by atoms with E-state index in [4.69, 9.17) is 0 Å². The smallest absolute Gasteiger partial charge is 0.236 e. The highest BCUT2D eigenvalue weighted by Crippen LogP contribution is 2.35. The predicted octanol–water partition coefficient (Wildman–Crippen LogP) is 4.76. The fourth-order valence-electron chi connectivity index (χ4n) is 3.50. The fourth-order valence-corrected chi connectivity index (χ4v) is 5.51. The molecule has 28 heavy (non-hydrogen) atoms. The number of aromatic nitrogens is 2. The largest absolute Gasteiger partial charge is 0.330 e. The van der Waals surface area contributed by atoms with Gasteiger partial charge in [-0.25, -0.2) is 0 Å². The maximum absolute atomic E-state index is 12.9. The molecule has 1 aliphatic rings. The summed E-state index contributed by atoms with van der Waals surface area (Å²) in [6.07, 6.45) is 4.64. The Morgan fingerprint density at radius 1 is 1.36 bits per heavy atom. The first-order valence-corrected chi connectivity index (χ1v) is 11.2. The normalized spacial score (nSPS) is 16.8. The van der Waals surface area contributed by atoms with E-state index in [0.717, 1.165) is 42.1 Å². The molecule has 6 nitrogen and oxygen atoms in total. The molecule has 2 aromatic rings. The van der Waals surface area contributed by atoms with Crippen LogP contribution in [0, 0.1) is 18.3 Å². The Bertz CT molecular complexity index is 869. The van der Waals surface area contributed by atoms with Crippen LogP contribution >= 0.6 is 23.1 Å². The molecule has 0 saturated heterocycles. The van der Waals surface area contributed by atoms with Crippen LogP contribution in [-0.2, 0) is 4.79 Å². The van der Waals surface area contributed by atoms with Crippen molar-refractivity contribution >= 4 is 39.8 Å². The van der Waals surface area contributed by atoms with Crippen molar-refractivity contribution in [3.63, 3.8) is 0 Å². The summed E-state index contributed by atoms with van der Waals surface area (Å²) in [6, 6.07) is 10.5. The molecule has 1 aromatic carbocycles. The lowest BCUT2D eigenvalue weighted by Gasteiger charge is -2.39. The minimum absolute atomic E-state index is 0.0307. The van der Waals surface area contributed by atoms with E-state index < -0.39 is 5.54 Å². The number of benzene rings is 1. The van der Waals surface area contributed by atoms with Crippen molar-refractivity contribution < 1.29 is 4.79 Å². The van der Waals surface area contributed by atoms with Gasteiger partial charge in [0.25, 0.3) is 0 Å². The number of hydrogen-bond acceptors (Lipinski definition) is 7. The van der Waals surface area contributed by atoms with E-state index in [1.54, 1.807) is 11.9 Å². The highest BCUT2D eigenvalue weighted by molar-refractivity contribution is 8.02. The SMILES string of the molecule is Cc1cccc(Nc2nnc(S[C@H](C)C(=O)N(C)C3(C#N)CCCCC3)s2)c1. The van der Waals surface area contributed by atoms with E-state index in [1.165, 1.54) is 28.7 Å². The van der Waals surface area contributed by atoms with Crippen molar-refractivity contribution in [3.8, 4) is 6.07 Å². The van der Waals surface area contributed by atoms with Crippen LogP contribution in [0.5, 0.6) is 0 Å². The van der Waals surface area contributed by atoms with E-state index in [2.05, 4.69) is 21.6 Å². The molecule has 0 aliphatic heterocycles. The van der Waals surface area contributed by atoms with Gasteiger partial charge in [-0.15, -0.1) is 10.2 Å². The number of amides is 1. The lowest BCUT2D eigenvalue weighted by atomic mass is 9.81. The van der Waals surface area contributed by atoms with Crippen LogP contribution in [0.15, 0.2) is 28.6 Å². The number of nitrogens with zero attached hydrogens (tertiary/aromatic N) is 4. The molecule has 1 amide bonds. The molecule has 1 fully saturated rings. The van der Waals surface area contributed by atoms with Gasteiger partial charge in [-0.2, -0.15) is 5.26 Å². The Morgan fingerprint density at radius 3 is 2.79 bits per heavy atom. The van der Waals surface area contributed by atoms with E-state index in [0.29, 0.717) is 5.13 Å². The van der Waals surface area contributed by atoms with Crippen molar-refractivity contribution in [2.45, 2.75) is 61.1 Å². The van der Waals surface area contributed by atoms with Crippen LogP contribution in [0.25, 0.3) is 0 Å². The number of anilines is 2. The molecule has 1 atom stereocenters. The molecule has 1 heterocycles. The van der Waals surface area contributed by atoms with Crippen molar-refractivity contribution in [1.29, 1.82) is 5.26 Å². The molecule has 0 bridgehead atoms. The van der Waals surface area contributed by atoms with Crippen LogP contribution in [0.4, 0.5) is 10.8 Å². The lowest BCUT2D eigenvalue weighted by Crippen LogP contribution is -2.52. The Kier molecular flexibility index (Phi) is 6.57. The summed E-state index contributed by atoms with van der Waals surface area (Å²) in [4.78, 5) is 14.6. The minimum atomic E-state index is -0.664. The van der Waals surface area contributed by atoms with Crippen LogP contribution in [0.2, 0.25) is 0 Å². The Labute approximate surface area is 174 Å². The van der Waals surface area contributed by atoms with Gasteiger partial charge in [0.15, 0.2) is 4.34 Å². The van der Waals surface area contributed by atoms with Crippen LogP contribution < -0.4 is 5.32 Å². The van der Waals surface area contributed by atoms with Crippen molar-refractivity contribution in [2.24, 2.45) is 0 Å². The number of hydrogen-bond donors (Lipinski definition) is 1. The summed E-state index contributed by atoms with van der Waals surface area (Å²) in [5, 5.41) is 21.7. The molecule has 0 radical (unpaired) electrons. The number of carbonyl (C=O) groups excluding carboxylic acids is 1. The number of thioether (sulfide) groups is 1. The van der Waals surface area contributed by atoms with Gasteiger partial charge < -0.3 is 10.2 Å². The average molecular weight is 416 g/mol. The zero-order chi connectivity index (χ0) is 20.1. The fraction of sp³-hybridized carbons (Fsp3) is 0.500. The van der Waals surface area contributed by atoms with Gasteiger partial charge in [0, 0.05) is 12.7 Å². The lowest BCUT2D eigenvalue weighted by molar-refractivity contribution is -0.133. The Hall–Kier alpha value is -2.11. The summed E-state index contributed by atoms with van der Waals surface area (Å²) in [5.41, 5.74) is 1.47. The number of aryl methyl sites for hydroxylation is 1. The third kappa shape index (κ3) is 4.65. The zero-order valence-electron chi connectivity index (χ0n) is 16.4. The first-order valence-electron chi connectivity index (χ1n) is 9.46. The molecular weight excluding hydrogens is 390 g/mol. The summed E-state index contributed by atoms with van der Waals surface area (Å²) in [6.45, 7) is 3.91. The van der Waals surface area contributed by atoms with Crippen molar-refractivity contribution in [3.05, 3.63) is 29.8 Å². The molecular formula is C20H25N5OS2. The molecule has 1 N–H and O–H groups in total. The molecule has 1 aliphatic carbocycles. The summed E-state index contributed by atoms with van der Waals surface area (Å²) in [7, 11) is 1.76. The zero-order valence-corrected chi connectivity index (χ0v) is 18.1. The monoisotopic (exact) mass is 415 g/mol. The first-order chi connectivity index (χ1) is 13.4. The second-order valence-electron chi connectivity index (χ2n) is 7.23. The summed E-state index contributed by atoms with van der Waals surface area (Å²) in [5.74, 6) is -0.0307. The van der Waals surface area contributed by atoms with Gasteiger partial charge in [0.2, 0.25) is 11.0 Å². The third-order valence-electron chi connectivity index (χ3n) is 5.16. The topological polar surface area (TPSA) is 81.9 Å². The second kappa shape index (κ2) is 8.93. The van der Waals surface area contributed by atoms with Crippen LogP contribution in [-0.4, -0.2) is 38.8 Å². The van der Waals surface area contributed by atoms with E-state index >= 15 is 0 Å². The number of carbonyl (C=O) groups is 1. The highest BCUT2D eigenvalue weighted by Gasteiger charge is 2.40.